The molecule has 4 nitrogen and oxygen atoms in total. The maximum atomic E-state index is 10.0. The van der Waals surface area contributed by atoms with Crippen molar-refractivity contribution in [2.24, 2.45) is 0 Å². The van der Waals surface area contributed by atoms with Crippen LogP contribution in [0.4, 0.5) is 0 Å². The molecule has 11 heavy (non-hydrogen) atoms. The fourth-order valence-corrected chi connectivity index (χ4v) is 1.16. The van der Waals surface area contributed by atoms with Crippen molar-refractivity contribution in [1.82, 2.24) is 5.06 Å². The van der Waals surface area contributed by atoms with E-state index in [1.165, 1.54) is 5.06 Å². The van der Waals surface area contributed by atoms with Gasteiger partial charge in [-0.15, -0.1) is 23.2 Å². The van der Waals surface area contributed by atoms with E-state index < -0.39 is 11.4 Å². The average Bonchev–Trinajstić information content (AvgIpc) is 1.87. The summed E-state index contributed by atoms with van der Waals surface area (Å²) in [6.07, 6.45) is 0. The largest absolute Gasteiger partial charge is 0.748 e. The van der Waals surface area contributed by atoms with Crippen LogP contribution in [0, 0.1) is 0 Å². The van der Waals surface area contributed by atoms with Crippen LogP contribution >= 0.6 is 23.2 Å². The predicted molar refractivity (Wildman–Crippen MR) is 43.0 cm³/mol. The summed E-state index contributed by atoms with van der Waals surface area (Å²) in [5.74, 6) is 0.599. The Morgan fingerprint density at radius 2 is 1.82 bits per heavy atom. The van der Waals surface area contributed by atoms with Crippen molar-refractivity contribution in [2.75, 3.05) is 24.8 Å². The zero-order valence-corrected chi connectivity index (χ0v) is 7.99. The maximum Gasteiger partial charge on any atom is 0.106 e. The van der Waals surface area contributed by atoms with Gasteiger partial charge >= 0.3 is 0 Å². The van der Waals surface area contributed by atoms with Crippen LogP contribution in [0.1, 0.15) is 0 Å². The Bertz CT molecular complexity index is 120. The minimum absolute atomic E-state index is 0.300. The van der Waals surface area contributed by atoms with E-state index in [9.17, 15) is 8.76 Å². The number of alkyl halides is 2. The number of hydroxylamine groups is 2. The standard InChI is InChI=1S/C4H9Cl2NO3S/c5-1-3-7(4-2-6)10-11(8)9/h1-4H2,(H,8,9)/p-1. The molecule has 7 heteroatoms. The highest BCUT2D eigenvalue weighted by Gasteiger charge is 2.02. The van der Waals surface area contributed by atoms with Crippen LogP contribution in [0.3, 0.4) is 0 Å². The Hall–Kier alpha value is 0.610. The Morgan fingerprint density at radius 1 is 1.36 bits per heavy atom. The van der Waals surface area contributed by atoms with Gasteiger partial charge in [-0.2, -0.15) is 5.06 Å². The topological polar surface area (TPSA) is 52.6 Å². The Morgan fingerprint density at radius 3 is 2.09 bits per heavy atom. The van der Waals surface area contributed by atoms with Crippen molar-refractivity contribution >= 4 is 34.6 Å². The number of nitrogens with zero attached hydrogens (tertiary/aromatic N) is 1. The summed E-state index contributed by atoms with van der Waals surface area (Å²) in [4.78, 5) is 0. The van der Waals surface area contributed by atoms with Gasteiger partial charge in [0.1, 0.15) is 11.4 Å². The summed E-state index contributed by atoms with van der Waals surface area (Å²) in [6, 6.07) is 0. The third kappa shape index (κ3) is 6.99. The van der Waals surface area contributed by atoms with Gasteiger partial charge in [0, 0.05) is 24.8 Å². The first-order valence-corrected chi connectivity index (χ1v) is 4.92. The van der Waals surface area contributed by atoms with Gasteiger partial charge in [-0.05, 0) is 0 Å². The number of hydrogen-bond acceptors (Lipinski definition) is 4. The zero-order valence-electron chi connectivity index (χ0n) is 5.66. The van der Waals surface area contributed by atoms with E-state index in [4.69, 9.17) is 23.2 Å². The molecule has 0 aliphatic carbocycles. The smallest absolute Gasteiger partial charge is 0.106 e. The summed E-state index contributed by atoms with van der Waals surface area (Å²) in [7, 11) is 0. The van der Waals surface area contributed by atoms with Crippen LogP contribution in [-0.4, -0.2) is 38.7 Å². The first-order valence-electron chi connectivity index (χ1n) is 2.85. The molecule has 0 N–H and O–H groups in total. The molecule has 0 saturated heterocycles. The first kappa shape index (κ1) is 11.6. The molecular weight excluding hydrogens is 213 g/mol. The molecular formula is C4H8Cl2NO3S-. The molecule has 0 aromatic carbocycles. The van der Waals surface area contributed by atoms with Gasteiger partial charge in [-0.3, -0.25) is 0 Å². The van der Waals surface area contributed by atoms with E-state index in [0.717, 1.165) is 0 Å². The molecule has 0 radical (unpaired) electrons. The van der Waals surface area contributed by atoms with Crippen molar-refractivity contribution in [3.63, 3.8) is 0 Å². The molecule has 0 heterocycles. The van der Waals surface area contributed by atoms with Crippen LogP contribution in [-0.2, 0) is 15.6 Å². The lowest BCUT2D eigenvalue weighted by atomic mass is 10.6. The van der Waals surface area contributed by atoms with Crippen molar-refractivity contribution in [3.8, 4) is 0 Å². The molecule has 0 aliphatic heterocycles. The van der Waals surface area contributed by atoms with E-state index >= 15 is 0 Å². The van der Waals surface area contributed by atoms with Crippen LogP contribution in [0.25, 0.3) is 0 Å². The summed E-state index contributed by atoms with van der Waals surface area (Å²) < 4.78 is 24.3. The average molecular weight is 221 g/mol. The highest BCUT2D eigenvalue weighted by molar-refractivity contribution is 7.74. The monoisotopic (exact) mass is 220 g/mol. The number of halogens is 2. The van der Waals surface area contributed by atoms with Crippen molar-refractivity contribution in [3.05, 3.63) is 0 Å². The maximum absolute atomic E-state index is 10.0. The van der Waals surface area contributed by atoms with E-state index in [0.29, 0.717) is 24.8 Å². The fraction of sp³-hybridized carbons (Fsp3) is 1.00. The SMILES string of the molecule is O=S([O-])ON(CCCl)CCCl. The molecule has 0 amide bonds. The second-order valence-corrected chi connectivity index (χ2v) is 2.90. The third-order valence-corrected chi connectivity index (χ3v) is 1.50. The minimum atomic E-state index is -2.54. The van der Waals surface area contributed by atoms with Gasteiger partial charge in [-0.25, -0.2) is 8.49 Å². The Labute approximate surface area is 77.9 Å². The highest BCUT2D eigenvalue weighted by Crippen LogP contribution is 1.94. The molecule has 0 aromatic rings. The predicted octanol–water partition coefficient (Wildman–Crippen LogP) is 0.492. The van der Waals surface area contributed by atoms with Gasteiger partial charge in [0.05, 0.1) is 0 Å². The summed E-state index contributed by atoms with van der Waals surface area (Å²) in [5.41, 5.74) is 0. The van der Waals surface area contributed by atoms with Gasteiger partial charge in [-0.1, -0.05) is 0 Å². The van der Waals surface area contributed by atoms with Crippen LogP contribution < -0.4 is 0 Å². The van der Waals surface area contributed by atoms with E-state index in [-0.39, 0.29) is 0 Å². The molecule has 68 valence electrons. The fourth-order valence-electron chi connectivity index (χ4n) is 0.461. The van der Waals surface area contributed by atoms with Crippen LogP contribution in [0.5, 0.6) is 0 Å². The van der Waals surface area contributed by atoms with Crippen LogP contribution in [0.15, 0.2) is 0 Å². The van der Waals surface area contributed by atoms with Gasteiger partial charge in [0.15, 0.2) is 0 Å². The van der Waals surface area contributed by atoms with Crippen molar-refractivity contribution in [2.45, 2.75) is 0 Å². The van der Waals surface area contributed by atoms with E-state index in [1.807, 2.05) is 0 Å². The Kier molecular flexibility index (Phi) is 7.67. The normalized spacial score (nSPS) is 13.8. The minimum Gasteiger partial charge on any atom is -0.748 e. The van der Waals surface area contributed by atoms with Gasteiger partial charge < -0.3 is 4.55 Å². The lowest BCUT2D eigenvalue weighted by Crippen LogP contribution is -2.28. The first-order chi connectivity index (χ1) is 5.20. The highest BCUT2D eigenvalue weighted by atomic mass is 35.5. The molecule has 0 bridgehead atoms. The molecule has 1 unspecified atom stereocenters. The molecule has 0 saturated carbocycles. The molecule has 0 aromatic heterocycles. The van der Waals surface area contributed by atoms with Gasteiger partial charge in [0.2, 0.25) is 0 Å². The Balaban J connectivity index is 3.59. The van der Waals surface area contributed by atoms with Gasteiger partial charge in [0.25, 0.3) is 0 Å². The summed E-state index contributed by atoms with van der Waals surface area (Å²) >= 11 is 8.16. The molecule has 0 fully saturated rings. The van der Waals surface area contributed by atoms with Crippen molar-refractivity contribution < 1.29 is 13.0 Å². The zero-order chi connectivity index (χ0) is 8.69. The second-order valence-electron chi connectivity index (χ2n) is 1.59. The van der Waals surface area contributed by atoms with Crippen molar-refractivity contribution in [1.29, 1.82) is 0 Å². The number of rotatable bonds is 6. The van der Waals surface area contributed by atoms with E-state index in [1.54, 1.807) is 0 Å². The summed E-state index contributed by atoms with van der Waals surface area (Å²) in [6.45, 7) is 0.671. The van der Waals surface area contributed by atoms with E-state index in [2.05, 4.69) is 4.28 Å². The summed E-state index contributed by atoms with van der Waals surface area (Å²) in [5, 5.41) is 1.18. The third-order valence-electron chi connectivity index (χ3n) is 0.834. The molecule has 0 rings (SSSR count). The quantitative estimate of drug-likeness (QED) is 0.372. The molecule has 0 spiro atoms. The second kappa shape index (κ2) is 7.27. The molecule has 1 atom stereocenters. The lowest BCUT2D eigenvalue weighted by molar-refractivity contribution is -0.0420. The van der Waals surface area contributed by atoms with Crippen LogP contribution in [0.2, 0.25) is 0 Å². The lowest BCUT2D eigenvalue weighted by Gasteiger charge is -2.19. The number of hydrogen-bond donors (Lipinski definition) is 0. The molecule has 0 aliphatic rings.